The number of rotatable bonds is 55. The summed E-state index contributed by atoms with van der Waals surface area (Å²) in [4.78, 5) is 38.1. The van der Waals surface area contributed by atoms with Crippen LogP contribution in [0.1, 0.15) is 310 Å². The molecule has 70 heavy (non-hydrogen) atoms. The van der Waals surface area contributed by atoms with Gasteiger partial charge in [0.2, 0.25) is 0 Å². The number of ether oxygens (including phenoxy) is 3. The fourth-order valence-corrected chi connectivity index (χ4v) is 8.72. The summed E-state index contributed by atoms with van der Waals surface area (Å²) in [6.07, 6.45) is 73.8. The molecule has 0 aliphatic rings. The minimum Gasteiger partial charge on any atom is -0.462 e. The summed E-state index contributed by atoms with van der Waals surface area (Å²) in [6.45, 7) is 6.59. The molecule has 0 N–H and O–H groups in total. The highest BCUT2D eigenvalue weighted by Gasteiger charge is 2.19. The lowest BCUT2D eigenvalue weighted by Gasteiger charge is -2.18. The van der Waals surface area contributed by atoms with Gasteiger partial charge in [0.1, 0.15) is 13.2 Å². The molecule has 406 valence electrons. The molecular weight excluding hydrogens is 865 g/mol. The maximum absolute atomic E-state index is 12.8. The van der Waals surface area contributed by atoms with Gasteiger partial charge in [-0.15, -0.1) is 0 Å². The van der Waals surface area contributed by atoms with Gasteiger partial charge in [-0.25, -0.2) is 0 Å². The molecule has 0 unspecified atom stereocenters. The fourth-order valence-electron chi connectivity index (χ4n) is 8.72. The average Bonchev–Trinajstić information content (AvgIpc) is 3.36. The summed E-state index contributed by atoms with van der Waals surface area (Å²) in [5.41, 5.74) is 0. The Balaban J connectivity index is 4.39. The number of esters is 3. The van der Waals surface area contributed by atoms with Crippen LogP contribution in [-0.4, -0.2) is 37.2 Å². The molecule has 0 amide bonds. The standard InChI is InChI=1S/C64H114O6/c1-4-7-10-13-16-19-22-25-27-29-31-32-34-35-37-39-42-45-48-51-54-57-63(66)69-60-61(59-68-62(65)56-53-50-47-44-41-24-21-18-15-12-9-6-3)70-64(67)58-55-52-49-46-43-40-38-36-33-30-28-26-23-20-17-14-11-8-5-2/h17,20,26,28,33,36,40,43,49,52,61H,4-16,18-19,21-25,27,29-32,34-35,37-39,41-42,44-48,50-51,53-60H2,1-3H3/b20-17-,28-26-,36-33-,43-40-,52-49-/t61-/m0/s1. The second-order valence-corrected chi connectivity index (χ2v) is 20.3. The lowest BCUT2D eigenvalue weighted by Crippen LogP contribution is -2.30. The molecule has 0 spiro atoms. The minimum absolute atomic E-state index is 0.0996. The van der Waals surface area contributed by atoms with Crippen LogP contribution >= 0.6 is 0 Å². The van der Waals surface area contributed by atoms with Crippen LogP contribution in [0.4, 0.5) is 0 Å². The first-order valence-corrected chi connectivity index (χ1v) is 30.3. The van der Waals surface area contributed by atoms with E-state index in [4.69, 9.17) is 14.2 Å². The highest BCUT2D eigenvalue weighted by molar-refractivity contribution is 5.71. The summed E-state index contributed by atoms with van der Waals surface area (Å²) in [7, 11) is 0. The summed E-state index contributed by atoms with van der Waals surface area (Å²) in [5, 5.41) is 0. The lowest BCUT2D eigenvalue weighted by molar-refractivity contribution is -0.166. The van der Waals surface area contributed by atoms with Gasteiger partial charge in [0, 0.05) is 19.3 Å². The van der Waals surface area contributed by atoms with Gasteiger partial charge in [0.25, 0.3) is 0 Å². The third-order valence-corrected chi connectivity index (χ3v) is 13.3. The summed E-state index contributed by atoms with van der Waals surface area (Å²) >= 11 is 0. The first kappa shape index (κ1) is 67.1. The van der Waals surface area contributed by atoms with Gasteiger partial charge >= 0.3 is 17.9 Å². The number of carbonyl (C=O) groups is 3. The molecule has 0 aromatic rings. The number of hydrogen-bond acceptors (Lipinski definition) is 6. The number of allylic oxidation sites excluding steroid dienone is 10. The first-order chi connectivity index (χ1) is 34.5. The maximum Gasteiger partial charge on any atom is 0.306 e. The Labute approximate surface area is 434 Å². The van der Waals surface area contributed by atoms with Crippen LogP contribution in [0.15, 0.2) is 60.8 Å². The van der Waals surface area contributed by atoms with Gasteiger partial charge in [-0.2, -0.15) is 0 Å². The summed E-state index contributed by atoms with van der Waals surface area (Å²) < 4.78 is 16.8. The normalized spacial score (nSPS) is 12.4. The van der Waals surface area contributed by atoms with E-state index in [2.05, 4.69) is 75.5 Å². The molecule has 0 bridgehead atoms. The monoisotopic (exact) mass is 979 g/mol. The van der Waals surface area contributed by atoms with Gasteiger partial charge in [0.05, 0.1) is 0 Å². The van der Waals surface area contributed by atoms with Crippen molar-refractivity contribution in [3.05, 3.63) is 60.8 Å². The SMILES string of the molecule is CCCCC/C=C\C/C=C\C/C=C\C/C=C\C/C=C\CCC(=O)O[C@@H](COC(=O)CCCCCCCCCCCCCC)COC(=O)CCCCCCCCCCCCCCCCCCCCCCC. The van der Waals surface area contributed by atoms with Crippen molar-refractivity contribution in [2.45, 2.75) is 316 Å². The zero-order chi connectivity index (χ0) is 50.7. The van der Waals surface area contributed by atoms with E-state index in [1.807, 2.05) is 6.08 Å². The minimum atomic E-state index is -0.810. The quantitative estimate of drug-likeness (QED) is 0.0261. The van der Waals surface area contributed by atoms with Crippen LogP contribution in [0.5, 0.6) is 0 Å². The highest BCUT2D eigenvalue weighted by Crippen LogP contribution is 2.17. The average molecular weight is 980 g/mol. The van der Waals surface area contributed by atoms with Gasteiger partial charge < -0.3 is 14.2 Å². The van der Waals surface area contributed by atoms with Crippen molar-refractivity contribution in [3.8, 4) is 0 Å². The predicted molar refractivity (Wildman–Crippen MR) is 302 cm³/mol. The molecule has 0 aromatic carbocycles. The van der Waals surface area contributed by atoms with Crippen LogP contribution in [0.3, 0.4) is 0 Å². The van der Waals surface area contributed by atoms with Gasteiger partial charge in [-0.3, -0.25) is 14.4 Å². The van der Waals surface area contributed by atoms with E-state index < -0.39 is 6.10 Å². The zero-order valence-corrected chi connectivity index (χ0v) is 46.5. The molecule has 0 aliphatic carbocycles. The predicted octanol–water partition coefficient (Wildman–Crippen LogP) is 20.4. The van der Waals surface area contributed by atoms with E-state index in [0.29, 0.717) is 19.3 Å². The van der Waals surface area contributed by atoms with Crippen molar-refractivity contribution in [2.24, 2.45) is 0 Å². The van der Waals surface area contributed by atoms with Crippen LogP contribution in [0.25, 0.3) is 0 Å². The Morgan fingerprint density at radius 1 is 0.286 bits per heavy atom. The fraction of sp³-hybridized carbons (Fsp3) is 0.797. The van der Waals surface area contributed by atoms with Crippen LogP contribution in [0, 0.1) is 0 Å². The maximum atomic E-state index is 12.8. The Hall–Kier alpha value is -2.89. The van der Waals surface area contributed by atoms with Crippen LogP contribution in [0.2, 0.25) is 0 Å². The summed E-state index contributed by atoms with van der Waals surface area (Å²) in [5.74, 6) is -0.968. The van der Waals surface area contributed by atoms with Crippen LogP contribution < -0.4 is 0 Å². The topological polar surface area (TPSA) is 78.9 Å². The Bertz CT molecular complexity index is 1260. The van der Waals surface area contributed by atoms with Crippen molar-refractivity contribution in [2.75, 3.05) is 13.2 Å². The highest BCUT2D eigenvalue weighted by atomic mass is 16.6. The van der Waals surface area contributed by atoms with Crippen molar-refractivity contribution >= 4 is 17.9 Å². The van der Waals surface area contributed by atoms with Crippen molar-refractivity contribution in [3.63, 3.8) is 0 Å². The molecule has 0 saturated carbocycles. The van der Waals surface area contributed by atoms with E-state index >= 15 is 0 Å². The second kappa shape index (κ2) is 58.7. The largest absolute Gasteiger partial charge is 0.462 e. The smallest absolute Gasteiger partial charge is 0.306 e. The third-order valence-electron chi connectivity index (χ3n) is 13.3. The van der Waals surface area contributed by atoms with E-state index in [0.717, 1.165) is 64.2 Å². The van der Waals surface area contributed by atoms with E-state index in [-0.39, 0.29) is 37.5 Å². The molecule has 0 fully saturated rings. The molecule has 1 atom stereocenters. The lowest BCUT2D eigenvalue weighted by atomic mass is 10.0. The Morgan fingerprint density at radius 2 is 0.543 bits per heavy atom. The molecule has 0 radical (unpaired) electrons. The summed E-state index contributed by atoms with van der Waals surface area (Å²) in [6, 6.07) is 0. The molecule has 0 aromatic heterocycles. The van der Waals surface area contributed by atoms with Gasteiger partial charge in [-0.1, -0.05) is 293 Å². The number of unbranched alkanes of at least 4 members (excludes halogenated alkanes) is 34. The molecule has 0 saturated heterocycles. The van der Waals surface area contributed by atoms with Gasteiger partial charge in [0.15, 0.2) is 6.10 Å². The van der Waals surface area contributed by atoms with E-state index in [1.54, 1.807) is 0 Å². The first-order valence-electron chi connectivity index (χ1n) is 30.3. The van der Waals surface area contributed by atoms with Crippen LogP contribution in [-0.2, 0) is 28.6 Å². The van der Waals surface area contributed by atoms with Gasteiger partial charge in [-0.05, 0) is 57.8 Å². The Morgan fingerprint density at radius 3 is 0.857 bits per heavy atom. The van der Waals surface area contributed by atoms with Crippen molar-refractivity contribution in [1.29, 1.82) is 0 Å². The number of carbonyl (C=O) groups excluding carboxylic acids is 3. The second-order valence-electron chi connectivity index (χ2n) is 20.3. The Kier molecular flexibility index (Phi) is 56.3. The van der Waals surface area contributed by atoms with Crippen molar-refractivity contribution < 1.29 is 28.6 Å². The molecule has 0 aliphatic heterocycles. The zero-order valence-electron chi connectivity index (χ0n) is 46.5. The number of hydrogen-bond donors (Lipinski definition) is 0. The third kappa shape index (κ3) is 56.0. The molecule has 0 rings (SSSR count). The molecule has 6 heteroatoms. The molecule has 0 heterocycles. The van der Waals surface area contributed by atoms with E-state index in [9.17, 15) is 14.4 Å². The molecular formula is C64H114O6. The van der Waals surface area contributed by atoms with Crippen molar-refractivity contribution in [1.82, 2.24) is 0 Å². The van der Waals surface area contributed by atoms with E-state index in [1.165, 1.54) is 199 Å². The molecule has 6 nitrogen and oxygen atoms in total.